The molecule has 7 nitrogen and oxygen atoms in total. The molecule has 1 N–H and O–H groups in total. The molecule has 1 aliphatic heterocycles. The molecule has 124 valence electrons. The molecule has 0 spiro atoms. The van der Waals surface area contributed by atoms with Crippen LogP contribution in [-0.2, 0) is 34.7 Å². The maximum Gasteiger partial charge on any atom is 0.308 e. The summed E-state index contributed by atoms with van der Waals surface area (Å²) in [7, 11) is -3.81. The summed E-state index contributed by atoms with van der Waals surface area (Å²) < 4.78 is 48.8. The van der Waals surface area contributed by atoms with E-state index in [2.05, 4.69) is 0 Å². The first kappa shape index (κ1) is 16.9. The van der Waals surface area contributed by atoms with Gasteiger partial charge in [-0.3, -0.25) is 14.3 Å². The average Bonchev–Trinajstić information content (AvgIpc) is 2.62. The van der Waals surface area contributed by atoms with Gasteiger partial charge in [0.1, 0.15) is 5.82 Å². The molecule has 1 unspecified atom stereocenters. The molecule has 1 aliphatic rings. The van der Waals surface area contributed by atoms with E-state index in [9.17, 15) is 22.4 Å². The SMILES string of the molecule is CC(=O)OC1=C(NS(C)(=O)=O)OC(C)(c2ccccc2F)C1=O. The highest BCUT2D eigenvalue weighted by Gasteiger charge is 2.51. The Morgan fingerprint density at radius 1 is 1.35 bits per heavy atom. The first-order valence-corrected chi connectivity index (χ1v) is 8.33. The molecular formula is C14H14FNO6S. The van der Waals surface area contributed by atoms with E-state index in [-0.39, 0.29) is 5.56 Å². The van der Waals surface area contributed by atoms with E-state index >= 15 is 0 Å². The van der Waals surface area contributed by atoms with Gasteiger partial charge in [-0.2, -0.15) is 0 Å². The summed E-state index contributed by atoms with van der Waals surface area (Å²) in [6, 6.07) is 5.37. The molecule has 23 heavy (non-hydrogen) atoms. The van der Waals surface area contributed by atoms with Gasteiger partial charge in [-0.25, -0.2) is 12.8 Å². The Morgan fingerprint density at radius 2 is 1.96 bits per heavy atom. The summed E-state index contributed by atoms with van der Waals surface area (Å²) in [6.07, 6.45) is 0.831. The fourth-order valence-corrected chi connectivity index (χ4v) is 2.59. The molecule has 1 atom stereocenters. The molecule has 0 saturated heterocycles. The van der Waals surface area contributed by atoms with Crippen molar-refractivity contribution < 1.29 is 31.9 Å². The largest absolute Gasteiger partial charge is 0.456 e. The molecule has 0 radical (unpaired) electrons. The maximum atomic E-state index is 14.0. The molecule has 0 aliphatic carbocycles. The minimum absolute atomic E-state index is 0.111. The highest BCUT2D eigenvalue weighted by molar-refractivity contribution is 7.88. The number of hydrogen-bond acceptors (Lipinski definition) is 6. The molecule has 0 fully saturated rings. The van der Waals surface area contributed by atoms with Crippen molar-refractivity contribution in [2.75, 3.05) is 6.26 Å². The predicted octanol–water partition coefficient (Wildman–Crippen LogP) is 0.922. The monoisotopic (exact) mass is 343 g/mol. The lowest BCUT2D eigenvalue weighted by atomic mass is 9.91. The Balaban J connectivity index is 2.52. The fourth-order valence-electron chi connectivity index (χ4n) is 2.11. The van der Waals surface area contributed by atoms with Gasteiger partial charge in [0.05, 0.1) is 6.26 Å². The van der Waals surface area contributed by atoms with Crippen LogP contribution in [0.2, 0.25) is 0 Å². The van der Waals surface area contributed by atoms with Crippen LogP contribution in [0.5, 0.6) is 0 Å². The van der Waals surface area contributed by atoms with Crippen LogP contribution in [0.1, 0.15) is 19.4 Å². The Hall–Kier alpha value is -2.42. The van der Waals surface area contributed by atoms with E-state index < -0.39 is 44.8 Å². The van der Waals surface area contributed by atoms with E-state index in [0.717, 1.165) is 19.2 Å². The van der Waals surface area contributed by atoms with Crippen LogP contribution in [0.4, 0.5) is 4.39 Å². The molecule has 1 aromatic rings. The summed E-state index contributed by atoms with van der Waals surface area (Å²) in [4.78, 5) is 23.7. The summed E-state index contributed by atoms with van der Waals surface area (Å²) in [5.41, 5.74) is -1.97. The average molecular weight is 343 g/mol. The Labute approximate surface area is 132 Å². The van der Waals surface area contributed by atoms with Crippen LogP contribution in [0.25, 0.3) is 0 Å². The van der Waals surface area contributed by atoms with E-state index in [1.165, 1.54) is 25.1 Å². The van der Waals surface area contributed by atoms with Gasteiger partial charge in [-0.05, 0) is 13.0 Å². The Bertz CT molecular complexity index is 816. The number of carbonyl (C=O) groups excluding carboxylic acids is 2. The molecule has 9 heteroatoms. The van der Waals surface area contributed by atoms with Crippen molar-refractivity contribution in [2.24, 2.45) is 0 Å². The number of carbonyl (C=O) groups is 2. The first-order chi connectivity index (χ1) is 10.5. The smallest absolute Gasteiger partial charge is 0.308 e. The molecule has 0 aromatic heterocycles. The third-order valence-electron chi connectivity index (χ3n) is 3.06. The van der Waals surface area contributed by atoms with Crippen molar-refractivity contribution in [3.8, 4) is 0 Å². The van der Waals surface area contributed by atoms with Crippen LogP contribution >= 0.6 is 0 Å². The fraction of sp³-hybridized carbons (Fsp3) is 0.286. The minimum Gasteiger partial charge on any atom is -0.456 e. The number of ketones is 1. The quantitative estimate of drug-likeness (QED) is 0.816. The number of rotatable bonds is 4. The second-order valence-corrected chi connectivity index (χ2v) is 6.82. The second-order valence-electron chi connectivity index (χ2n) is 5.07. The van der Waals surface area contributed by atoms with Crippen LogP contribution < -0.4 is 4.72 Å². The standard InChI is InChI=1S/C14H14FNO6S/c1-8(17)21-11-12(18)14(2,9-6-4-5-7-10(9)15)22-13(11)16-23(3,19)20/h4-7,16H,1-3H3. The number of hydrogen-bond donors (Lipinski definition) is 1. The van der Waals surface area contributed by atoms with Gasteiger partial charge in [0, 0.05) is 12.5 Å². The van der Waals surface area contributed by atoms with Crippen molar-refractivity contribution in [1.29, 1.82) is 0 Å². The van der Waals surface area contributed by atoms with Gasteiger partial charge in [-0.15, -0.1) is 0 Å². The number of benzene rings is 1. The minimum atomic E-state index is -3.81. The lowest BCUT2D eigenvalue weighted by Crippen LogP contribution is -2.33. The van der Waals surface area contributed by atoms with Crippen molar-refractivity contribution in [3.05, 3.63) is 47.3 Å². The number of esters is 1. The summed E-state index contributed by atoms with van der Waals surface area (Å²) >= 11 is 0. The third-order valence-corrected chi connectivity index (χ3v) is 3.62. The summed E-state index contributed by atoms with van der Waals surface area (Å²) in [5, 5.41) is 0. The van der Waals surface area contributed by atoms with E-state index in [1.807, 2.05) is 4.72 Å². The van der Waals surface area contributed by atoms with Gasteiger partial charge in [0.2, 0.25) is 27.3 Å². The van der Waals surface area contributed by atoms with Crippen LogP contribution in [0.3, 0.4) is 0 Å². The van der Waals surface area contributed by atoms with Gasteiger partial charge < -0.3 is 9.47 Å². The lowest BCUT2D eigenvalue weighted by Gasteiger charge is -2.23. The van der Waals surface area contributed by atoms with Gasteiger partial charge in [-0.1, -0.05) is 18.2 Å². The molecule has 1 aromatic carbocycles. The van der Waals surface area contributed by atoms with Crippen molar-refractivity contribution in [3.63, 3.8) is 0 Å². The number of sulfonamides is 1. The second kappa shape index (κ2) is 5.65. The molecule has 0 amide bonds. The highest BCUT2D eigenvalue weighted by atomic mass is 32.2. The van der Waals surface area contributed by atoms with E-state index in [4.69, 9.17) is 9.47 Å². The van der Waals surface area contributed by atoms with Gasteiger partial charge >= 0.3 is 5.97 Å². The first-order valence-electron chi connectivity index (χ1n) is 6.44. The van der Waals surface area contributed by atoms with Crippen molar-refractivity contribution in [2.45, 2.75) is 19.4 Å². The van der Waals surface area contributed by atoms with E-state index in [1.54, 1.807) is 0 Å². The zero-order valence-electron chi connectivity index (χ0n) is 12.5. The topological polar surface area (TPSA) is 98.8 Å². The van der Waals surface area contributed by atoms with Crippen LogP contribution in [0.15, 0.2) is 35.9 Å². The van der Waals surface area contributed by atoms with Crippen molar-refractivity contribution in [1.82, 2.24) is 4.72 Å². The summed E-state index contributed by atoms with van der Waals surface area (Å²) in [6.45, 7) is 2.30. The number of nitrogens with one attached hydrogen (secondary N) is 1. The molecular weight excluding hydrogens is 329 g/mol. The van der Waals surface area contributed by atoms with E-state index in [0.29, 0.717) is 0 Å². The molecule has 0 bridgehead atoms. The molecule has 2 rings (SSSR count). The number of Topliss-reactive ketones (excluding diaryl/α,β-unsaturated/α-hetero) is 1. The third kappa shape index (κ3) is 3.34. The Kier molecular flexibility index (Phi) is 4.16. The zero-order chi connectivity index (χ0) is 17.4. The molecule has 0 saturated carbocycles. The number of halogens is 1. The van der Waals surface area contributed by atoms with Crippen LogP contribution in [0, 0.1) is 5.82 Å². The predicted molar refractivity (Wildman–Crippen MR) is 76.6 cm³/mol. The lowest BCUT2D eigenvalue weighted by molar-refractivity contribution is -0.142. The highest BCUT2D eigenvalue weighted by Crippen LogP contribution is 2.39. The van der Waals surface area contributed by atoms with Crippen molar-refractivity contribution >= 4 is 21.8 Å². The maximum absolute atomic E-state index is 14.0. The van der Waals surface area contributed by atoms with Gasteiger partial charge in [0.25, 0.3) is 5.78 Å². The normalized spacial score (nSPS) is 21.1. The zero-order valence-corrected chi connectivity index (χ0v) is 13.4. The number of ether oxygens (including phenoxy) is 2. The molecule has 1 heterocycles. The summed E-state index contributed by atoms with van der Waals surface area (Å²) in [5.74, 6) is -3.61. The van der Waals surface area contributed by atoms with Gasteiger partial charge in [0.15, 0.2) is 0 Å². The Morgan fingerprint density at radius 3 is 2.48 bits per heavy atom. The van der Waals surface area contributed by atoms with Crippen LogP contribution in [-0.4, -0.2) is 26.4 Å².